The third-order valence-corrected chi connectivity index (χ3v) is 2.50. The molecular weight excluding hydrogens is 271 g/mol. The van der Waals surface area contributed by atoms with Crippen LogP contribution in [0.1, 0.15) is 17.3 Å². The molecule has 0 heterocycles. The molecule has 0 bridgehead atoms. The highest BCUT2D eigenvalue weighted by atomic mass is 19.2. The Labute approximate surface area is 105 Å². The number of halogens is 5. The van der Waals surface area contributed by atoms with Gasteiger partial charge in [0.1, 0.15) is 5.56 Å². The summed E-state index contributed by atoms with van der Waals surface area (Å²) in [5.41, 5.74) is -1.49. The lowest BCUT2D eigenvalue weighted by molar-refractivity contribution is 0.0939. The van der Waals surface area contributed by atoms with E-state index in [0.717, 1.165) is 0 Å². The summed E-state index contributed by atoms with van der Waals surface area (Å²) in [5.74, 6) is -12.3. The highest BCUT2D eigenvalue weighted by Crippen LogP contribution is 2.22. The van der Waals surface area contributed by atoms with Crippen molar-refractivity contribution in [3.05, 3.63) is 34.6 Å². The Bertz CT molecular complexity index is 477. The summed E-state index contributed by atoms with van der Waals surface area (Å²) in [7, 11) is 1.58. The molecule has 1 aromatic rings. The van der Waals surface area contributed by atoms with Crippen LogP contribution in [0, 0.1) is 29.1 Å². The first kappa shape index (κ1) is 15.4. The van der Waals surface area contributed by atoms with Crippen molar-refractivity contribution in [2.45, 2.75) is 13.0 Å². The summed E-state index contributed by atoms with van der Waals surface area (Å²) in [6.45, 7) is 1.62. The van der Waals surface area contributed by atoms with Gasteiger partial charge in [-0.2, -0.15) is 0 Å². The Balaban J connectivity index is 3.10. The smallest absolute Gasteiger partial charge is 0.257 e. The summed E-state index contributed by atoms with van der Waals surface area (Å²) >= 11 is 0. The van der Waals surface area contributed by atoms with Crippen LogP contribution in [0.5, 0.6) is 0 Å². The molecule has 1 rings (SSSR count). The van der Waals surface area contributed by atoms with Gasteiger partial charge in [-0.15, -0.1) is 0 Å². The summed E-state index contributed by atoms with van der Waals surface area (Å²) < 4.78 is 65.0. The van der Waals surface area contributed by atoms with Gasteiger partial charge < -0.3 is 10.6 Å². The summed E-state index contributed by atoms with van der Waals surface area (Å²) in [5, 5.41) is 4.79. The molecule has 0 aliphatic heterocycles. The van der Waals surface area contributed by atoms with Crippen molar-refractivity contribution in [3.8, 4) is 0 Å². The van der Waals surface area contributed by atoms with E-state index < -0.39 is 40.6 Å². The van der Waals surface area contributed by atoms with E-state index in [2.05, 4.69) is 10.6 Å². The minimum absolute atomic E-state index is 0.0329. The van der Waals surface area contributed by atoms with Crippen molar-refractivity contribution < 1.29 is 26.7 Å². The normalized spacial score (nSPS) is 12.4. The first-order chi connectivity index (χ1) is 8.81. The van der Waals surface area contributed by atoms with Crippen LogP contribution in [0.2, 0.25) is 0 Å². The minimum atomic E-state index is -2.30. The van der Waals surface area contributed by atoms with Crippen LogP contribution in [-0.4, -0.2) is 25.5 Å². The lowest BCUT2D eigenvalue weighted by atomic mass is 10.1. The van der Waals surface area contributed by atoms with Gasteiger partial charge in [0.05, 0.1) is 0 Å². The number of benzene rings is 1. The predicted molar refractivity (Wildman–Crippen MR) is 57.1 cm³/mol. The Hall–Kier alpha value is -1.70. The highest BCUT2D eigenvalue weighted by molar-refractivity contribution is 5.94. The van der Waals surface area contributed by atoms with E-state index in [1.807, 2.05) is 0 Å². The van der Waals surface area contributed by atoms with Crippen molar-refractivity contribution in [2.75, 3.05) is 13.6 Å². The maximum absolute atomic E-state index is 13.3. The largest absolute Gasteiger partial charge is 0.350 e. The molecule has 0 saturated carbocycles. The van der Waals surface area contributed by atoms with Crippen LogP contribution in [0.4, 0.5) is 22.0 Å². The molecular formula is C11H11F5N2O. The molecule has 1 aromatic carbocycles. The average molecular weight is 282 g/mol. The monoisotopic (exact) mass is 282 g/mol. The average Bonchev–Trinajstić information content (AvgIpc) is 2.40. The van der Waals surface area contributed by atoms with Gasteiger partial charge in [-0.3, -0.25) is 4.79 Å². The van der Waals surface area contributed by atoms with Gasteiger partial charge in [0, 0.05) is 12.6 Å². The van der Waals surface area contributed by atoms with Crippen molar-refractivity contribution >= 4 is 5.91 Å². The number of carbonyl (C=O) groups excluding carboxylic acids is 1. The second kappa shape index (κ2) is 5.96. The van der Waals surface area contributed by atoms with E-state index in [9.17, 15) is 26.7 Å². The third-order valence-electron chi connectivity index (χ3n) is 2.50. The van der Waals surface area contributed by atoms with Crippen LogP contribution in [0.25, 0.3) is 0 Å². The van der Waals surface area contributed by atoms with E-state index in [4.69, 9.17) is 0 Å². The quantitative estimate of drug-likeness (QED) is 0.501. The SMILES string of the molecule is CNC(C)CNC(=O)c1c(F)c(F)c(F)c(F)c1F. The molecule has 1 amide bonds. The number of hydrogen-bond donors (Lipinski definition) is 2. The molecule has 0 aliphatic rings. The van der Waals surface area contributed by atoms with E-state index in [0.29, 0.717) is 0 Å². The molecule has 0 aliphatic carbocycles. The van der Waals surface area contributed by atoms with E-state index in [1.54, 1.807) is 14.0 Å². The van der Waals surface area contributed by atoms with Gasteiger partial charge in [-0.05, 0) is 14.0 Å². The van der Waals surface area contributed by atoms with E-state index in [-0.39, 0.29) is 12.6 Å². The van der Waals surface area contributed by atoms with Gasteiger partial charge in [0.25, 0.3) is 5.91 Å². The number of hydrogen-bond acceptors (Lipinski definition) is 2. The molecule has 0 saturated heterocycles. The molecule has 2 N–H and O–H groups in total. The third kappa shape index (κ3) is 3.01. The maximum Gasteiger partial charge on any atom is 0.257 e. The van der Waals surface area contributed by atoms with Crippen LogP contribution < -0.4 is 10.6 Å². The molecule has 0 radical (unpaired) electrons. The Morgan fingerprint density at radius 1 is 1.00 bits per heavy atom. The summed E-state index contributed by atoms with van der Waals surface area (Å²) in [6.07, 6.45) is 0. The standard InChI is InChI=1S/C11H11F5N2O/c1-4(17-2)3-18-11(19)5-6(12)8(14)10(16)9(15)7(5)13/h4,17H,3H2,1-2H3,(H,18,19). The highest BCUT2D eigenvalue weighted by Gasteiger charge is 2.29. The van der Waals surface area contributed by atoms with Gasteiger partial charge >= 0.3 is 0 Å². The minimum Gasteiger partial charge on any atom is -0.350 e. The summed E-state index contributed by atoms with van der Waals surface area (Å²) in [6, 6.07) is -0.231. The number of nitrogens with one attached hydrogen (secondary N) is 2. The molecule has 0 spiro atoms. The second-order valence-electron chi connectivity index (χ2n) is 3.84. The van der Waals surface area contributed by atoms with E-state index >= 15 is 0 Å². The maximum atomic E-state index is 13.3. The first-order valence-corrected chi connectivity index (χ1v) is 5.28. The fraction of sp³-hybridized carbons (Fsp3) is 0.364. The first-order valence-electron chi connectivity index (χ1n) is 5.28. The molecule has 106 valence electrons. The predicted octanol–water partition coefficient (Wildman–Crippen LogP) is 1.72. The lowest BCUT2D eigenvalue weighted by Gasteiger charge is -2.12. The van der Waals surface area contributed by atoms with Crippen LogP contribution in [0.3, 0.4) is 0 Å². The van der Waals surface area contributed by atoms with Crippen LogP contribution >= 0.6 is 0 Å². The van der Waals surface area contributed by atoms with E-state index in [1.165, 1.54) is 0 Å². The van der Waals surface area contributed by atoms with Gasteiger partial charge in [0.2, 0.25) is 5.82 Å². The summed E-state index contributed by atoms with van der Waals surface area (Å²) in [4.78, 5) is 11.4. The zero-order valence-electron chi connectivity index (χ0n) is 10.1. The van der Waals surface area contributed by atoms with Crippen molar-refractivity contribution in [1.82, 2.24) is 10.6 Å². The molecule has 0 fully saturated rings. The van der Waals surface area contributed by atoms with Crippen molar-refractivity contribution in [2.24, 2.45) is 0 Å². The van der Waals surface area contributed by atoms with Crippen LogP contribution in [0.15, 0.2) is 0 Å². The zero-order chi connectivity index (χ0) is 14.7. The Kier molecular flexibility index (Phi) is 4.82. The fourth-order valence-corrected chi connectivity index (χ4v) is 1.24. The molecule has 3 nitrogen and oxygen atoms in total. The van der Waals surface area contributed by atoms with Crippen molar-refractivity contribution in [3.63, 3.8) is 0 Å². The topological polar surface area (TPSA) is 41.1 Å². The number of rotatable bonds is 4. The Morgan fingerprint density at radius 2 is 1.42 bits per heavy atom. The molecule has 1 atom stereocenters. The molecule has 19 heavy (non-hydrogen) atoms. The van der Waals surface area contributed by atoms with Crippen LogP contribution in [-0.2, 0) is 0 Å². The van der Waals surface area contributed by atoms with Crippen molar-refractivity contribution in [1.29, 1.82) is 0 Å². The molecule has 1 unspecified atom stereocenters. The number of likely N-dealkylation sites (N-methyl/N-ethyl adjacent to an activating group) is 1. The number of carbonyl (C=O) groups is 1. The zero-order valence-corrected chi connectivity index (χ0v) is 10.1. The van der Waals surface area contributed by atoms with Gasteiger partial charge in [-0.25, -0.2) is 22.0 Å². The van der Waals surface area contributed by atoms with Gasteiger partial charge in [-0.1, -0.05) is 0 Å². The van der Waals surface area contributed by atoms with Gasteiger partial charge in [0.15, 0.2) is 23.3 Å². The number of amides is 1. The molecule has 0 aromatic heterocycles. The fourth-order valence-electron chi connectivity index (χ4n) is 1.24. The Morgan fingerprint density at radius 3 is 1.84 bits per heavy atom. The second-order valence-corrected chi connectivity index (χ2v) is 3.84. The molecule has 8 heteroatoms. The lowest BCUT2D eigenvalue weighted by Crippen LogP contribution is -2.38.